The van der Waals surface area contributed by atoms with Gasteiger partial charge in [-0.2, -0.15) is 5.26 Å². The molecule has 1 rings (SSSR count). The molecule has 0 amide bonds. The van der Waals surface area contributed by atoms with Crippen LogP contribution < -0.4 is 0 Å². The molecule has 0 radical (unpaired) electrons. The van der Waals surface area contributed by atoms with E-state index in [-0.39, 0.29) is 11.3 Å². The molecule has 0 heterocycles. The lowest BCUT2D eigenvalue weighted by atomic mass is 9.99. The summed E-state index contributed by atoms with van der Waals surface area (Å²) in [7, 11) is 0. The van der Waals surface area contributed by atoms with Crippen LogP contribution in [0.5, 0.6) is 0 Å². The third-order valence-electron chi connectivity index (χ3n) is 3.29. The summed E-state index contributed by atoms with van der Waals surface area (Å²) in [5, 5.41) is 8.43. The molecule has 0 aromatic heterocycles. The van der Waals surface area contributed by atoms with Crippen LogP contribution in [-0.4, -0.2) is 17.0 Å². The van der Waals surface area contributed by atoms with Crippen molar-refractivity contribution in [2.45, 2.75) is 51.9 Å². The van der Waals surface area contributed by atoms with Crippen LogP contribution in [0.25, 0.3) is 0 Å². The third-order valence-corrected chi connectivity index (χ3v) is 3.29. The number of rotatable bonds is 9. The number of carbonyl (C=O) groups excluding carboxylic acids is 2. The molecule has 0 saturated carbocycles. The molecule has 0 aliphatic heterocycles. The van der Waals surface area contributed by atoms with Crippen LogP contribution in [0, 0.1) is 0 Å². The van der Waals surface area contributed by atoms with Crippen LogP contribution in [0.3, 0.4) is 0 Å². The number of hydrogen-bond donors (Lipinski definition) is 1. The summed E-state index contributed by atoms with van der Waals surface area (Å²) in [6, 6.07) is 6.40. The minimum absolute atomic E-state index is 0.0820. The maximum atomic E-state index is 12.1. The Kier molecular flexibility index (Phi) is 7.58. The first-order valence-corrected chi connectivity index (χ1v) is 7.18. The molecule has 4 nitrogen and oxygen atoms in total. The lowest BCUT2D eigenvalue weighted by Crippen LogP contribution is -2.10. The fourth-order valence-electron chi connectivity index (χ4n) is 2.15. The fraction of sp³-hybridized carbons (Fsp3) is 0.500. The van der Waals surface area contributed by atoms with Crippen molar-refractivity contribution in [1.29, 1.82) is 0 Å². The van der Waals surface area contributed by atoms with Crippen LogP contribution in [0.4, 0.5) is 0 Å². The first-order valence-electron chi connectivity index (χ1n) is 7.18. The third kappa shape index (κ3) is 5.13. The summed E-state index contributed by atoms with van der Waals surface area (Å²) >= 11 is 0. The Labute approximate surface area is 119 Å². The van der Waals surface area contributed by atoms with E-state index in [9.17, 15) is 9.59 Å². The molecule has 0 saturated heterocycles. The van der Waals surface area contributed by atoms with E-state index in [4.69, 9.17) is 5.26 Å². The first kappa shape index (κ1) is 16.4. The molecule has 1 N–H and O–H groups in total. The van der Waals surface area contributed by atoms with E-state index in [0.29, 0.717) is 12.0 Å². The van der Waals surface area contributed by atoms with Crippen LogP contribution in [-0.2, 0) is 4.89 Å². The van der Waals surface area contributed by atoms with Crippen LogP contribution in [0.1, 0.15) is 72.6 Å². The predicted octanol–water partition coefficient (Wildman–Crippen LogP) is 4.25. The minimum Gasteiger partial charge on any atom is -0.295 e. The van der Waals surface area contributed by atoms with E-state index in [1.165, 1.54) is 25.3 Å². The fourth-order valence-corrected chi connectivity index (χ4v) is 2.15. The number of benzene rings is 1. The Balaban J connectivity index is 2.49. The Morgan fingerprint density at radius 3 is 2.25 bits per heavy atom. The summed E-state index contributed by atoms with van der Waals surface area (Å²) in [5.74, 6) is -0.974. The monoisotopic (exact) mass is 278 g/mol. The number of unbranched alkanes of at least 4 members (excludes halogenated alkanes) is 5. The number of hydrogen-bond acceptors (Lipinski definition) is 4. The maximum Gasteiger partial charge on any atom is 0.373 e. The van der Waals surface area contributed by atoms with Crippen molar-refractivity contribution in [3.05, 3.63) is 35.4 Å². The second-order valence-corrected chi connectivity index (χ2v) is 4.87. The van der Waals surface area contributed by atoms with Crippen LogP contribution in [0.15, 0.2) is 24.3 Å². The lowest BCUT2D eigenvalue weighted by molar-refractivity contribution is -0.182. The topological polar surface area (TPSA) is 63.6 Å². The average Bonchev–Trinajstić information content (AvgIpc) is 2.49. The van der Waals surface area contributed by atoms with Gasteiger partial charge in [-0.15, -0.1) is 0 Å². The molecular formula is C16H22O4. The van der Waals surface area contributed by atoms with E-state index in [0.717, 1.165) is 19.3 Å². The Morgan fingerprint density at radius 1 is 1.00 bits per heavy atom. The van der Waals surface area contributed by atoms with Crippen molar-refractivity contribution in [1.82, 2.24) is 0 Å². The normalized spacial score (nSPS) is 10.3. The van der Waals surface area contributed by atoms with Gasteiger partial charge in [-0.25, -0.2) is 4.79 Å². The first-order chi connectivity index (χ1) is 9.70. The highest BCUT2D eigenvalue weighted by Gasteiger charge is 2.17. The second kappa shape index (κ2) is 9.26. The highest BCUT2D eigenvalue weighted by atomic mass is 17.1. The number of Topliss-reactive ketones (excluding diaryl/α,β-unsaturated/α-hetero) is 1. The quantitative estimate of drug-likeness (QED) is 0.317. The van der Waals surface area contributed by atoms with Crippen molar-refractivity contribution in [3.63, 3.8) is 0 Å². The maximum absolute atomic E-state index is 12.1. The van der Waals surface area contributed by atoms with Crippen molar-refractivity contribution in [2.24, 2.45) is 0 Å². The van der Waals surface area contributed by atoms with E-state index in [2.05, 4.69) is 11.8 Å². The van der Waals surface area contributed by atoms with Crippen LogP contribution in [0.2, 0.25) is 0 Å². The smallest absolute Gasteiger partial charge is 0.295 e. The molecule has 20 heavy (non-hydrogen) atoms. The Morgan fingerprint density at radius 2 is 1.60 bits per heavy atom. The SMILES string of the molecule is CCCCCCCCC(=O)c1ccccc1C(=O)OO. The molecule has 0 spiro atoms. The zero-order chi connectivity index (χ0) is 14.8. The zero-order valence-corrected chi connectivity index (χ0v) is 11.9. The molecule has 0 bridgehead atoms. The zero-order valence-electron chi connectivity index (χ0n) is 11.9. The molecular weight excluding hydrogens is 256 g/mol. The molecule has 0 fully saturated rings. The molecule has 1 aromatic rings. The van der Waals surface area contributed by atoms with Gasteiger partial charge in [0, 0.05) is 12.0 Å². The second-order valence-electron chi connectivity index (χ2n) is 4.87. The molecule has 4 heteroatoms. The van der Waals surface area contributed by atoms with Crippen molar-refractivity contribution in [2.75, 3.05) is 0 Å². The van der Waals surface area contributed by atoms with Gasteiger partial charge >= 0.3 is 5.97 Å². The highest BCUT2D eigenvalue weighted by Crippen LogP contribution is 2.15. The number of carbonyl (C=O) groups is 2. The van der Waals surface area contributed by atoms with Gasteiger partial charge in [-0.3, -0.25) is 9.68 Å². The van der Waals surface area contributed by atoms with Gasteiger partial charge in [0.25, 0.3) is 0 Å². The van der Waals surface area contributed by atoms with Gasteiger partial charge < -0.3 is 0 Å². The van der Waals surface area contributed by atoms with E-state index >= 15 is 0 Å². The van der Waals surface area contributed by atoms with E-state index in [1.54, 1.807) is 18.2 Å². The van der Waals surface area contributed by atoms with Crippen LogP contribution >= 0.6 is 0 Å². The predicted molar refractivity (Wildman–Crippen MR) is 76.8 cm³/mol. The van der Waals surface area contributed by atoms with Gasteiger partial charge in [0.2, 0.25) is 0 Å². The largest absolute Gasteiger partial charge is 0.373 e. The summed E-state index contributed by atoms with van der Waals surface area (Å²) in [5.41, 5.74) is 0.436. The number of ketones is 1. The summed E-state index contributed by atoms with van der Waals surface area (Å²) in [6.45, 7) is 2.17. The average molecular weight is 278 g/mol. The molecule has 0 aliphatic rings. The lowest BCUT2D eigenvalue weighted by Gasteiger charge is -2.06. The summed E-state index contributed by atoms with van der Waals surface area (Å²) < 4.78 is 0. The summed E-state index contributed by atoms with van der Waals surface area (Å²) in [4.78, 5) is 27.2. The van der Waals surface area contributed by atoms with Gasteiger partial charge in [0.05, 0.1) is 5.56 Å². The molecule has 1 aromatic carbocycles. The molecule has 0 unspecified atom stereocenters. The molecule has 110 valence electrons. The van der Waals surface area contributed by atoms with Gasteiger partial charge in [0.1, 0.15) is 0 Å². The molecule has 0 atom stereocenters. The van der Waals surface area contributed by atoms with Crippen molar-refractivity contribution in [3.8, 4) is 0 Å². The van der Waals surface area contributed by atoms with Crippen molar-refractivity contribution >= 4 is 11.8 Å². The van der Waals surface area contributed by atoms with E-state index in [1.807, 2.05) is 0 Å². The van der Waals surface area contributed by atoms with E-state index < -0.39 is 5.97 Å². The summed E-state index contributed by atoms with van der Waals surface area (Å²) in [6.07, 6.45) is 7.06. The highest BCUT2D eigenvalue weighted by molar-refractivity contribution is 6.06. The van der Waals surface area contributed by atoms with Crippen molar-refractivity contribution < 1.29 is 19.7 Å². The standard InChI is InChI=1S/C16H22O4/c1-2-3-4-5-6-7-12-15(17)13-10-8-9-11-14(13)16(18)20-19/h8-11,19H,2-7,12H2,1H3. The van der Waals surface area contributed by atoms with Gasteiger partial charge in [0.15, 0.2) is 5.78 Å². The molecule has 0 aliphatic carbocycles. The minimum atomic E-state index is -0.892. The van der Waals surface area contributed by atoms with Gasteiger partial charge in [-0.1, -0.05) is 57.2 Å². The van der Waals surface area contributed by atoms with Gasteiger partial charge in [-0.05, 0) is 12.5 Å². The Bertz CT molecular complexity index is 440. The Hall–Kier alpha value is -1.68.